The number of nitrogens with two attached hydrogens (primary N) is 2. The zero-order valence-electron chi connectivity index (χ0n) is 9.64. The van der Waals surface area contributed by atoms with Gasteiger partial charge in [-0.25, -0.2) is 4.79 Å². The van der Waals surface area contributed by atoms with Crippen LogP contribution in [0.25, 0.3) is 0 Å². The third-order valence-corrected chi connectivity index (χ3v) is 2.27. The molecule has 0 aliphatic rings. The monoisotopic (exact) mass is 222 g/mol. The Morgan fingerprint density at radius 2 is 2.12 bits per heavy atom. The molecule has 0 aromatic heterocycles. The molecule has 0 saturated carbocycles. The fraction of sp³-hybridized carbons (Fsp3) is 0.417. The van der Waals surface area contributed by atoms with Crippen molar-refractivity contribution >= 4 is 6.09 Å². The lowest BCUT2D eigenvalue weighted by atomic mass is 10.0. The number of primary amides is 1. The zero-order chi connectivity index (χ0) is 12.1. The van der Waals surface area contributed by atoms with Gasteiger partial charge in [0.05, 0.1) is 0 Å². The molecule has 1 rings (SSSR count). The molecule has 0 aliphatic carbocycles. The Morgan fingerprint density at radius 3 is 2.69 bits per heavy atom. The number of hydrogen-bond donors (Lipinski definition) is 2. The minimum absolute atomic E-state index is 0.114. The second-order valence-corrected chi connectivity index (χ2v) is 4.01. The summed E-state index contributed by atoms with van der Waals surface area (Å²) in [6.07, 6.45) is -0.285. The summed E-state index contributed by atoms with van der Waals surface area (Å²) >= 11 is 0. The van der Waals surface area contributed by atoms with Crippen LogP contribution >= 0.6 is 0 Å². The van der Waals surface area contributed by atoms with E-state index < -0.39 is 6.09 Å². The summed E-state index contributed by atoms with van der Waals surface area (Å²) in [5.74, 6) is 0. The van der Waals surface area contributed by atoms with E-state index in [-0.39, 0.29) is 12.1 Å². The first-order valence-electron chi connectivity index (χ1n) is 5.29. The predicted molar refractivity (Wildman–Crippen MR) is 62.9 cm³/mol. The third kappa shape index (κ3) is 3.90. The maximum absolute atomic E-state index is 10.6. The number of carbonyl (C=O) groups is 1. The van der Waals surface area contributed by atoms with Crippen molar-refractivity contribution in [3.05, 3.63) is 35.4 Å². The second kappa shape index (κ2) is 5.51. The molecule has 0 aliphatic heterocycles. The maximum atomic E-state index is 10.6. The average Bonchev–Trinajstić information content (AvgIpc) is 2.16. The van der Waals surface area contributed by atoms with Gasteiger partial charge in [-0.1, -0.05) is 24.3 Å². The Hall–Kier alpha value is -1.55. The van der Waals surface area contributed by atoms with Crippen molar-refractivity contribution in [2.24, 2.45) is 11.5 Å². The first-order valence-corrected chi connectivity index (χ1v) is 5.29. The molecule has 4 N–H and O–H groups in total. The molecule has 0 fully saturated rings. The molecule has 2 atom stereocenters. The molecule has 0 radical (unpaired) electrons. The van der Waals surface area contributed by atoms with Crippen molar-refractivity contribution < 1.29 is 9.53 Å². The number of ether oxygens (including phenoxy) is 1. The van der Waals surface area contributed by atoms with E-state index in [1.807, 2.05) is 31.2 Å². The minimum Gasteiger partial charge on any atom is -0.442 e. The number of amides is 1. The van der Waals surface area contributed by atoms with Gasteiger partial charge < -0.3 is 16.2 Å². The Balaban J connectivity index is 2.77. The summed E-state index contributed by atoms with van der Waals surface area (Å²) in [6, 6.07) is 7.93. The molecule has 16 heavy (non-hydrogen) atoms. The van der Waals surface area contributed by atoms with Crippen molar-refractivity contribution in [3.8, 4) is 0 Å². The van der Waals surface area contributed by atoms with Gasteiger partial charge in [-0.3, -0.25) is 0 Å². The molecule has 4 heteroatoms. The van der Waals surface area contributed by atoms with Gasteiger partial charge in [-0.2, -0.15) is 0 Å². The van der Waals surface area contributed by atoms with E-state index in [2.05, 4.69) is 0 Å². The number of hydrogen-bond acceptors (Lipinski definition) is 3. The molecule has 0 spiro atoms. The average molecular weight is 222 g/mol. The summed E-state index contributed by atoms with van der Waals surface area (Å²) in [5.41, 5.74) is 12.8. The van der Waals surface area contributed by atoms with E-state index in [1.165, 1.54) is 0 Å². The second-order valence-electron chi connectivity index (χ2n) is 4.01. The standard InChI is InChI=1S/C12H18N2O2/c1-8(13)6-10-4-3-5-11(7-10)9(2)16-12(14)15/h3-5,7-9H,6,13H2,1-2H3,(H2,14,15)/t8-,9-/m0/s1. The largest absolute Gasteiger partial charge is 0.442 e. The van der Waals surface area contributed by atoms with Crippen LogP contribution < -0.4 is 11.5 Å². The first kappa shape index (κ1) is 12.5. The van der Waals surface area contributed by atoms with Gasteiger partial charge in [0.2, 0.25) is 0 Å². The molecule has 0 unspecified atom stereocenters. The van der Waals surface area contributed by atoms with E-state index in [0.717, 1.165) is 17.5 Å². The van der Waals surface area contributed by atoms with E-state index in [0.29, 0.717) is 0 Å². The van der Waals surface area contributed by atoms with Gasteiger partial charge in [0.25, 0.3) is 0 Å². The van der Waals surface area contributed by atoms with Crippen molar-refractivity contribution in [2.45, 2.75) is 32.4 Å². The Labute approximate surface area is 95.6 Å². The Kier molecular flexibility index (Phi) is 4.31. The van der Waals surface area contributed by atoms with Crippen LogP contribution in [0.5, 0.6) is 0 Å². The lowest BCUT2D eigenvalue weighted by molar-refractivity contribution is 0.116. The van der Waals surface area contributed by atoms with Crippen LogP contribution in [0.2, 0.25) is 0 Å². The van der Waals surface area contributed by atoms with Gasteiger partial charge >= 0.3 is 6.09 Å². The molecule has 1 amide bonds. The Morgan fingerprint density at radius 1 is 1.44 bits per heavy atom. The SMILES string of the molecule is C[C@H](N)Cc1cccc([C@H](C)OC(N)=O)c1. The van der Waals surface area contributed by atoms with Crippen LogP contribution in [0.4, 0.5) is 4.79 Å². The summed E-state index contributed by atoms with van der Waals surface area (Å²) in [4.78, 5) is 10.6. The molecule has 0 heterocycles. The van der Waals surface area contributed by atoms with Gasteiger partial charge in [-0.15, -0.1) is 0 Å². The van der Waals surface area contributed by atoms with Crippen molar-refractivity contribution in [2.75, 3.05) is 0 Å². The fourth-order valence-corrected chi connectivity index (χ4v) is 1.59. The lowest BCUT2D eigenvalue weighted by Crippen LogP contribution is -2.18. The highest BCUT2D eigenvalue weighted by molar-refractivity contribution is 5.65. The summed E-state index contributed by atoms with van der Waals surface area (Å²) < 4.78 is 4.90. The predicted octanol–water partition coefficient (Wildman–Crippen LogP) is 1.73. The van der Waals surface area contributed by atoms with Crippen LogP contribution in [0.1, 0.15) is 31.1 Å². The van der Waals surface area contributed by atoms with E-state index in [1.54, 1.807) is 6.92 Å². The highest BCUT2D eigenvalue weighted by Gasteiger charge is 2.09. The van der Waals surface area contributed by atoms with Crippen LogP contribution in [0, 0.1) is 0 Å². The molecule has 1 aromatic rings. The van der Waals surface area contributed by atoms with Crippen molar-refractivity contribution in [1.29, 1.82) is 0 Å². The van der Waals surface area contributed by atoms with E-state index in [9.17, 15) is 4.79 Å². The highest BCUT2D eigenvalue weighted by atomic mass is 16.6. The molecule has 0 saturated heterocycles. The maximum Gasteiger partial charge on any atom is 0.405 e. The highest BCUT2D eigenvalue weighted by Crippen LogP contribution is 2.18. The summed E-state index contributed by atoms with van der Waals surface area (Å²) in [6.45, 7) is 3.74. The van der Waals surface area contributed by atoms with Crippen LogP contribution in [0.15, 0.2) is 24.3 Å². The van der Waals surface area contributed by atoms with Crippen LogP contribution in [-0.2, 0) is 11.2 Å². The molecule has 1 aromatic carbocycles. The van der Waals surface area contributed by atoms with Gasteiger partial charge in [0.1, 0.15) is 6.10 Å². The number of rotatable bonds is 4. The van der Waals surface area contributed by atoms with Crippen molar-refractivity contribution in [3.63, 3.8) is 0 Å². The van der Waals surface area contributed by atoms with E-state index >= 15 is 0 Å². The number of carbonyl (C=O) groups excluding carboxylic acids is 1. The van der Waals surface area contributed by atoms with Gasteiger partial charge in [0.15, 0.2) is 0 Å². The third-order valence-electron chi connectivity index (χ3n) is 2.27. The molecular weight excluding hydrogens is 204 g/mol. The molecule has 88 valence electrons. The first-order chi connectivity index (χ1) is 7.49. The normalized spacial score (nSPS) is 14.2. The Bertz CT molecular complexity index is 364. The quantitative estimate of drug-likeness (QED) is 0.814. The van der Waals surface area contributed by atoms with Gasteiger partial charge in [0, 0.05) is 6.04 Å². The molecular formula is C12H18N2O2. The molecule has 0 bridgehead atoms. The fourth-order valence-electron chi connectivity index (χ4n) is 1.59. The summed E-state index contributed by atoms with van der Waals surface area (Å²) in [5, 5.41) is 0. The summed E-state index contributed by atoms with van der Waals surface area (Å²) in [7, 11) is 0. The minimum atomic E-state index is -0.759. The lowest BCUT2D eigenvalue weighted by Gasteiger charge is -2.13. The van der Waals surface area contributed by atoms with Gasteiger partial charge in [-0.05, 0) is 31.4 Å². The van der Waals surface area contributed by atoms with Crippen molar-refractivity contribution in [1.82, 2.24) is 0 Å². The number of benzene rings is 1. The van der Waals surface area contributed by atoms with Crippen LogP contribution in [0.3, 0.4) is 0 Å². The topological polar surface area (TPSA) is 78.3 Å². The smallest absolute Gasteiger partial charge is 0.405 e. The molecule has 4 nitrogen and oxygen atoms in total. The zero-order valence-corrected chi connectivity index (χ0v) is 9.64. The van der Waals surface area contributed by atoms with Crippen LogP contribution in [-0.4, -0.2) is 12.1 Å². The van der Waals surface area contributed by atoms with E-state index in [4.69, 9.17) is 16.2 Å².